The first kappa shape index (κ1) is 18.0. The molecule has 0 aliphatic heterocycles. The van der Waals surface area contributed by atoms with Gasteiger partial charge in [-0.2, -0.15) is 0 Å². The molecule has 0 aromatic heterocycles. The van der Waals surface area contributed by atoms with Gasteiger partial charge in [0.25, 0.3) is 0 Å². The number of hydrogen-bond acceptors (Lipinski definition) is 6. The number of benzene rings is 1. The Morgan fingerprint density at radius 2 is 2.23 bits per heavy atom. The van der Waals surface area contributed by atoms with Crippen molar-refractivity contribution in [2.45, 2.75) is 32.4 Å². The van der Waals surface area contributed by atoms with Crippen molar-refractivity contribution in [3.8, 4) is 5.75 Å². The van der Waals surface area contributed by atoms with Gasteiger partial charge in [-0.15, -0.1) is 0 Å². The van der Waals surface area contributed by atoms with Gasteiger partial charge < -0.3 is 14.9 Å². The van der Waals surface area contributed by atoms with Crippen molar-refractivity contribution in [2.24, 2.45) is 5.84 Å². The summed E-state index contributed by atoms with van der Waals surface area (Å²) in [6, 6.07) is 5.69. The van der Waals surface area contributed by atoms with E-state index in [1.165, 1.54) is 0 Å². The lowest BCUT2D eigenvalue weighted by Crippen LogP contribution is -2.29. The Hall–Kier alpha value is -2.05. The van der Waals surface area contributed by atoms with E-state index in [1.54, 1.807) is 14.0 Å². The first-order chi connectivity index (χ1) is 10.6. The van der Waals surface area contributed by atoms with Gasteiger partial charge in [-0.1, -0.05) is 12.2 Å². The number of nitrogens with one attached hydrogen (secondary N) is 3. The SMILES string of the molecule is CNC(CCC/C=C/c1cc(NN)ccc1OC)OC(C)=N. The third kappa shape index (κ3) is 6.15. The molecule has 1 rings (SSSR count). The van der Waals surface area contributed by atoms with Crippen LogP contribution >= 0.6 is 0 Å². The van der Waals surface area contributed by atoms with Gasteiger partial charge >= 0.3 is 0 Å². The molecule has 0 fully saturated rings. The number of unbranched alkanes of at least 4 members (excludes halogenated alkanes) is 1. The molecular weight excluding hydrogens is 280 g/mol. The van der Waals surface area contributed by atoms with Crippen LogP contribution in [0.1, 0.15) is 31.7 Å². The smallest absolute Gasteiger partial charge is 0.179 e. The number of anilines is 1. The molecule has 5 N–H and O–H groups in total. The van der Waals surface area contributed by atoms with E-state index in [4.69, 9.17) is 20.7 Å². The molecule has 1 aromatic carbocycles. The fraction of sp³-hybridized carbons (Fsp3) is 0.438. The molecule has 0 aliphatic rings. The summed E-state index contributed by atoms with van der Waals surface area (Å²) in [5, 5.41) is 10.4. The molecule has 0 bridgehead atoms. The summed E-state index contributed by atoms with van der Waals surface area (Å²) in [4.78, 5) is 0. The van der Waals surface area contributed by atoms with Gasteiger partial charge in [0.2, 0.25) is 0 Å². The molecule has 0 amide bonds. The third-order valence-corrected chi connectivity index (χ3v) is 3.17. The standard InChI is InChI=1S/C16H26N4O2/c1-12(17)22-16(19-2)8-6-4-5-7-13-11-14(20-18)9-10-15(13)21-3/h5,7,9-11,16-17,19-20H,4,6,8,18H2,1-3H3/b7-5+,17-12?. The van der Waals surface area contributed by atoms with E-state index in [-0.39, 0.29) is 12.1 Å². The van der Waals surface area contributed by atoms with Crippen molar-refractivity contribution in [1.82, 2.24) is 5.32 Å². The molecule has 0 saturated carbocycles. The van der Waals surface area contributed by atoms with Crippen LogP contribution in [0.5, 0.6) is 5.75 Å². The monoisotopic (exact) mass is 306 g/mol. The maximum Gasteiger partial charge on any atom is 0.179 e. The van der Waals surface area contributed by atoms with Gasteiger partial charge in [0.1, 0.15) is 5.75 Å². The number of ether oxygens (including phenoxy) is 2. The van der Waals surface area contributed by atoms with E-state index in [2.05, 4.69) is 16.8 Å². The molecule has 122 valence electrons. The van der Waals surface area contributed by atoms with E-state index >= 15 is 0 Å². The number of allylic oxidation sites excluding steroid dienone is 1. The largest absolute Gasteiger partial charge is 0.496 e. The highest BCUT2D eigenvalue weighted by Crippen LogP contribution is 2.23. The third-order valence-electron chi connectivity index (χ3n) is 3.17. The Bertz CT molecular complexity index is 503. The number of methoxy groups -OCH3 is 1. The summed E-state index contributed by atoms with van der Waals surface area (Å²) in [7, 11) is 3.48. The number of hydrazine groups is 1. The average Bonchev–Trinajstić information content (AvgIpc) is 2.52. The average molecular weight is 306 g/mol. The van der Waals surface area contributed by atoms with Crippen LogP contribution in [0, 0.1) is 5.41 Å². The predicted molar refractivity (Wildman–Crippen MR) is 91.0 cm³/mol. The van der Waals surface area contributed by atoms with E-state index in [9.17, 15) is 0 Å². The number of rotatable bonds is 9. The van der Waals surface area contributed by atoms with Gasteiger partial charge in [0.15, 0.2) is 12.1 Å². The van der Waals surface area contributed by atoms with Gasteiger partial charge in [0.05, 0.1) is 7.11 Å². The van der Waals surface area contributed by atoms with Gasteiger partial charge in [-0.05, 0) is 44.5 Å². The highest BCUT2D eigenvalue weighted by Gasteiger charge is 2.06. The Morgan fingerprint density at radius 1 is 1.45 bits per heavy atom. The second kappa shape index (κ2) is 9.81. The summed E-state index contributed by atoms with van der Waals surface area (Å²) in [6.07, 6.45) is 6.75. The zero-order chi connectivity index (χ0) is 16.4. The van der Waals surface area contributed by atoms with Crippen molar-refractivity contribution >= 4 is 17.7 Å². The molecule has 0 aliphatic carbocycles. The molecule has 1 atom stereocenters. The van der Waals surface area contributed by atoms with Crippen LogP contribution in [0.4, 0.5) is 5.69 Å². The van der Waals surface area contributed by atoms with Crippen molar-refractivity contribution in [2.75, 3.05) is 19.6 Å². The van der Waals surface area contributed by atoms with E-state index < -0.39 is 0 Å². The summed E-state index contributed by atoms with van der Waals surface area (Å²) in [6.45, 7) is 1.63. The van der Waals surface area contributed by atoms with Gasteiger partial charge in [-0.3, -0.25) is 16.6 Å². The fourth-order valence-electron chi connectivity index (χ4n) is 2.06. The van der Waals surface area contributed by atoms with Crippen LogP contribution in [-0.2, 0) is 4.74 Å². The minimum atomic E-state index is -0.106. The van der Waals surface area contributed by atoms with Crippen LogP contribution in [0.15, 0.2) is 24.3 Å². The number of hydrogen-bond donors (Lipinski definition) is 4. The second-order valence-electron chi connectivity index (χ2n) is 4.89. The zero-order valence-electron chi connectivity index (χ0n) is 13.5. The van der Waals surface area contributed by atoms with Crippen LogP contribution in [0.2, 0.25) is 0 Å². The maximum atomic E-state index is 7.33. The van der Waals surface area contributed by atoms with E-state index in [0.717, 1.165) is 36.3 Å². The summed E-state index contributed by atoms with van der Waals surface area (Å²) in [5.74, 6) is 6.46. The molecule has 6 nitrogen and oxygen atoms in total. The first-order valence-electron chi connectivity index (χ1n) is 7.31. The lowest BCUT2D eigenvalue weighted by atomic mass is 10.1. The number of nitrogen functional groups attached to an aromatic ring is 1. The summed E-state index contributed by atoms with van der Waals surface area (Å²) in [5.41, 5.74) is 4.45. The molecule has 0 heterocycles. The molecule has 0 spiro atoms. The molecule has 22 heavy (non-hydrogen) atoms. The fourth-order valence-corrected chi connectivity index (χ4v) is 2.06. The van der Waals surface area contributed by atoms with Gasteiger partial charge in [-0.25, -0.2) is 0 Å². The Balaban J connectivity index is 2.50. The Morgan fingerprint density at radius 3 is 2.82 bits per heavy atom. The maximum absolute atomic E-state index is 7.33. The van der Waals surface area contributed by atoms with E-state index in [0.29, 0.717) is 0 Å². The zero-order valence-corrected chi connectivity index (χ0v) is 13.5. The Kier molecular flexibility index (Phi) is 8.03. The minimum absolute atomic E-state index is 0.106. The van der Waals surface area contributed by atoms with Crippen molar-refractivity contribution < 1.29 is 9.47 Å². The van der Waals surface area contributed by atoms with Crippen LogP contribution in [0.25, 0.3) is 6.08 Å². The summed E-state index contributed by atoms with van der Waals surface area (Å²) >= 11 is 0. The second-order valence-corrected chi connectivity index (χ2v) is 4.89. The van der Waals surface area contributed by atoms with Crippen LogP contribution in [-0.4, -0.2) is 26.3 Å². The first-order valence-corrected chi connectivity index (χ1v) is 7.31. The molecular formula is C16H26N4O2. The topological polar surface area (TPSA) is 92.4 Å². The van der Waals surface area contributed by atoms with Crippen molar-refractivity contribution in [3.63, 3.8) is 0 Å². The molecule has 0 saturated heterocycles. The lowest BCUT2D eigenvalue weighted by Gasteiger charge is -2.16. The van der Waals surface area contributed by atoms with Crippen LogP contribution < -0.4 is 21.3 Å². The molecule has 1 aromatic rings. The minimum Gasteiger partial charge on any atom is -0.496 e. The predicted octanol–water partition coefficient (Wildman–Crippen LogP) is 2.72. The number of nitrogens with two attached hydrogens (primary N) is 1. The molecule has 1 unspecified atom stereocenters. The lowest BCUT2D eigenvalue weighted by molar-refractivity contribution is 0.145. The molecule has 0 radical (unpaired) electrons. The summed E-state index contributed by atoms with van der Waals surface area (Å²) < 4.78 is 10.7. The normalized spacial score (nSPS) is 12.2. The highest BCUT2D eigenvalue weighted by atomic mass is 16.5. The Labute approximate surface area is 132 Å². The molecule has 6 heteroatoms. The highest BCUT2D eigenvalue weighted by molar-refractivity contribution is 5.69. The van der Waals surface area contributed by atoms with Crippen LogP contribution in [0.3, 0.4) is 0 Å². The van der Waals surface area contributed by atoms with Crippen molar-refractivity contribution in [3.05, 3.63) is 29.8 Å². The van der Waals surface area contributed by atoms with E-state index in [1.807, 2.05) is 31.3 Å². The van der Waals surface area contributed by atoms with Crippen molar-refractivity contribution in [1.29, 1.82) is 5.41 Å². The quantitative estimate of drug-likeness (QED) is 0.141. The van der Waals surface area contributed by atoms with Gasteiger partial charge in [0, 0.05) is 18.2 Å².